The first kappa shape index (κ1) is 13.8. The van der Waals surface area contributed by atoms with Gasteiger partial charge in [-0.05, 0) is 43.9 Å². The van der Waals surface area contributed by atoms with Crippen molar-refractivity contribution in [3.63, 3.8) is 0 Å². The van der Waals surface area contributed by atoms with Gasteiger partial charge in [-0.3, -0.25) is 0 Å². The van der Waals surface area contributed by atoms with Crippen LogP contribution in [-0.2, 0) is 0 Å². The summed E-state index contributed by atoms with van der Waals surface area (Å²) in [6.07, 6.45) is 5.88. The SMILES string of the molecule is CCCNC(CCC1CC1)c1c(F)cccc1Cl. The summed E-state index contributed by atoms with van der Waals surface area (Å²) in [5.41, 5.74) is 0.647. The lowest BCUT2D eigenvalue weighted by Gasteiger charge is -2.20. The van der Waals surface area contributed by atoms with Gasteiger partial charge in [0.15, 0.2) is 0 Å². The molecule has 1 fully saturated rings. The monoisotopic (exact) mass is 269 g/mol. The van der Waals surface area contributed by atoms with Gasteiger partial charge in [0.25, 0.3) is 0 Å². The van der Waals surface area contributed by atoms with Crippen molar-refractivity contribution in [3.8, 4) is 0 Å². The smallest absolute Gasteiger partial charge is 0.129 e. The van der Waals surface area contributed by atoms with E-state index in [1.54, 1.807) is 12.1 Å². The number of halogens is 2. The molecule has 0 bridgehead atoms. The average Bonchev–Trinajstić information content (AvgIpc) is 3.15. The van der Waals surface area contributed by atoms with E-state index in [4.69, 9.17) is 11.6 Å². The van der Waals surface area contributed by atoms with E-state index in [1.165, 1.54) is 25.3 Å². The fourth-order valence-electron chi connectivity index (χ4n) is 2.32. The molecule has 1 unspecified atom stereocenters. The van der Waals surface area contributed by atoms with Gasteiger partial charge in [0.1, 0.15) is 5.82 Å². The fraction of sp³-hybridized carbons (Fsp3) is 0.600. The molecular weight excluding hydrogens is 249 g/mol. The van der Waals surface area contributed by atoms with Gasteiger partial charge in [0.05, 0.1) is 0 Å². The number of nitrogens with one attached hydrogen (secondary N) is 1. The van der Waals surface area contributed by atoms with Gasteiger partial charge in [-0.25, -0.2) is 4.39 Å². The zero-order valence-corrected chi connectivity index (χ0v) is 11.6. The largest absolute Gasteiger partial charge is 0.310 e. The Morgan fingerprint density at radius 2 is 2.22 bits per heavy atom. The Bertz CT molecular complexity index is 370. The highest BCUT2D eigenvalue weighted by Crippen LogP contribution is 2.37. The molecule has 100 valence electrons. The van der Waals surface area contributed by atoms with E-state index in [9.17, 15) is 4.39 Å². The Morgan fingerprint density at radius 1 is 1.44 bits per heavy atom. The van der Waals surface area contributed by atoms with Crippen LogP contribution in [-0.4, -0.2) is 6.54 Å². The molecule has 0 aromatic heterocycles. The lowest BCUT2D eigenvalue weighted by Crippen LogP contribution is -2.23. The molecular formula is C15H21ClFN. The molecule has 1 nitrogen and oxygen atoms in total. The van der Waals surface area contributed by atoms with Crippen LogP contribution in [0.5, 0.6) is 0 Å². The van der Waals surface area contributed by atoms with E-state index < -0.39 is 0 Å². The maximum Gasteiger partial charge on any atom is 0.129 e. The second-order valence-electron chi connectivity index (χ2n) is 5.16. The van der Waals surface area contributed by atoms with Crippen LogP contribution in [0.2, 0.25) is 5.02 Å². The second-order valence-corrected chi connectivity index (χ2v) is 5.57. The Hall–Kier alpha value is -0.600. The minimum atomic E-state index is -0.188. The third-order valence-electron chi connectivity index (χ3n) is 3.55. The maximum absolute atomic E-state index is 13.9. The number of hydrogen-bond donors (Lipinski definition) is 1. The van der Waals surface area contributed by atoms with Crippen molar-refractivity contribution in [1.82, 2.24) is 5.32 Å². The van der Waals surface area contributed by atoms with E-state index in [1.807, 2.05) is 0 Å². The zero-order chi connectivity index (χ0) is 13.0. The first-order valence-corrected chi connectivity index (χ1v) is 7.27. The summed E-state index contributed by atoms with van der Waals surface area (Å²) in [6, 6.07) is 4.99. The summed E-state index contributed by atoms with van der Waals surface area (Å²) in [4.78, 5) is 0. The Labute approximate surface area is 114 Å². The molecule has 1 saturated carbocycles. The van der Waals surface area contributed by atoms with Crippen molar-refractivity contribution in [2.75, 3.05) is 6.54 Å². The average molecular weight is 270 g/mol. The van der Waals surface area contributed by atoms with Crippen molar-refractivity contribution in [2.45, 2.75) is 45.1 Å². The minimum Gasteiger partial charge on any atom is -0.310 e. The Balaban J connectivity index is 2.09. The van der Waals surface area contributed by atoms with E-state index in [0.717, 1.165) is 25.3 Å². The van der Waals surface area contributed by atoms with Crippen LogP contribution in [0.15, 0.2) is 18.2 Å². The predicted molar refractivity (Wildman–Crippen MR) is 74.4 cm³/mol. The summed E-state index contributed by atoms with van der Waals surface area (Å²) in [6.45, 7) is 3.02. The van der Waals surface area contributed by atoms with Crippen LogP contribution in [0.25, 0.3) is 0 Å². The summed E-state index contributed by atoms with van der Waals surface area (Å²) in [5, 5.41) is 3.97. The summed E-state index contributed by atoms with van der Waals surface area (Å²) < 4.78 is 13.9. The third kappa shape index (κ3) is 3.69. The van der Waals surface area contributed by atoms with E-state index in [0.29, 0.717) is 10.6 Å². The predicted octanol–water partition coefficient (Wildman–Crippen LogP) is 4.71. The molecule has 0 spiro atoms. The quantitative estimate of drug-likeness (QED) is 0.756. The van der Waals surface area contributed by atoms with Crippen LogP contribution >= 0.6 is 11.6 Å². The van der Waals surface area contributed by atoms with Crippen molar-refractivity contribution in [3.05, 3.63) is 34.6 Å². The topological polar surface area (TPSA) is 12.0 Å². The highest BCUT2D eigenvalue weighted by atomic mass is 35.5. The Morgan fingerprint density at radius 3 is 2.83 bits per heavy atom. The lowest BCUT2D eigenvalue weighted by atomic mass is 9.99. The third-order valence-corrected chi connectivity index (χ3v) is 3.88. The molecule has 1 aliphatic carbocycles. The first-order chi connectivity index (χ1) is 8.72. The molecule has 0 radical (unpaired) electrons. The number of benzene rings is 1. The van der Waals surface area contributed by atoms with Gasteiger partial charge < -0.3 is 5.32 Å². The van der Waals surface area contributed by atoms with Gasteiger partial charge in [-0.2, -0.15) is 0 Å². The normalized spacial score (nSPS) is 16.8. The Kier molecular flexibility index (Phi) is 5.02. The van der Waals surface area contributed by atoms with Crippen LogP contribution in [0.3, 0.4) is 0 Å². The lowest BCUT2D eigenvalue weighted by molar-refractivity contribution is 0.451. The van der Waals surface area contributed by atoms with Crippen LogP contribution in [0.4, 0.5) is 4.39 Å². The molecule has 0 aliphatic heterocycles. The molecule has 1 atom stereocenters. The standard InChI is InChI=1S/C15H21ClFN/c1-2-10-18-14(9-8-11-6-7-11)15-12(16)4-3-5-13(15)17/h3-5,11,14,18H,2,6-10H2,1H3. The van der Waals surface area contributed by atoms with E-state index in [2.05, 4.69) is 12.2 Å². The molecule has 0 saturated heterocycles. The molecule has 1 aliphatic rings. The van der Waals surface area contributed by atoms with E-state index in [-0.39, 0.29) is 11.9 Å². The van der Waals surface area contributed by atoms with Gasteiger partial charge in [0.2, 0.25) is 0 Å². The van der Waals surface area contributed by atoms with Gasteiger partial charge >= 0.3 is 0 Å². The van der Waals surface area contributed by atoms with Gasteiger partial charge in [0, 0.05) is 16.6 Å². The van der Waals surface area contributed by atoms with E-state index >= 15 is 0 Å². The van der Waals surface area contributed by atoms with Crippen molar-refractivity contribution >= 4 is 11.6 Å². The molecule has 3 heteroatoms. The van der Waals surface area contributed by atoms with Crippen LogP contribution < -0.4 is 5.32 Å². The highest BCUT2D eigenvalue weighted by molar-refractivity contribution is 6.31. The van der Waals surface area contributed by atoms with Crippen LogP contribution in [0.1, 0.15) is 50.6 Å². The molecule has 2 rings (SSSR count). The van der Waals surface area contributed by atoms with Crippen molar-refractivity contribution in [1.29, 1.82) is 0 Å². The molecule has 1 aromatic carbocycles. The van der Waals surface area contributed by atoms with Gasteiger partial charge in [-0.1, -0.05) is 37.4 Å². The summed E-state index contributed by atoms with van der Waals surface area (Å²) in [7, 11) is 0. The molecule has 0 heterocycles. The number of hydrogen-bond acceptors (Lipinski definition) is 1. The maximum atomic E-state index is 13.9. The summed E-state index contributed by atoms with van der Waals surface area (Å²) >= 11 is 6.15. The highest BCUT2D eigenvalue weighted by Gasteiger charge is 2.25. The van der Waals surface area contributed by atoms with Crippen molar-refractivity contribution in [2.24, 2.45) is 5.92 Å². The molecule has 0 amide bonds. The molecule has 1 N–H and O–H groups in total. The summed E-state index contributed by atoms with van der Waals surface area (Å²) in [5.74, 6) is 0.674. The number of rotatable bonds is 7. The zero-order valence-electron chi connectivity index (χ0n) is 10.9. The molecule has 18 heavy (non-hydrogen) atoms. The van der Waals surface area contributed by atoms with Crippen molar-refractivity contribution < 1.29 is 4.39 Å². The van der Waals surface area contributed by atoms with Crippen LogP contribution in [0, 0.1) is 11.7 Å². The van der Waals surface area contributed by atoms with Gasteiger partial charge in [-0.15, -0.1) is 0 Å². The first-order valence-electron chi connectivity index (χ1n) is 6.89. The minimum absolute atomic E-state index is 0.0549. The molecule has 1 aromatic rings. The second kappa shape index (κ2) is 6.53. The fourth-order valence-corrected chi connectivity index (χ4v) is 2.61.